The zero-order valence-electron chi connectivity index (χ0n) is 19.8. The first-order valence-electron chi connectivity index (χ1n) is 11.8. The van der Waals surface area contributed by atoms with Gasteiger partial charge in [-0.2, -0.15) is 4.98 Å². The molecule has 0 aromatic carbocycles. The van der Waals surface area contributed by atoms with Crippen LogP contribution in [0.15, 0.2) is 22.7 Å². The zero-order chi connectivity index (χ0) is 22.8. The summed E-state index contributed by atoms with van der Waals surface area (Å²) in [6.45, 7) is 11.7. The second kappa shape index (κ2) is 9.45. The van der Waals surface area contributed by atoms with Crippen molar-refractivity contribution >= 4 is 22.7 Å². The molecule has 1 saturated carbocycles. The van der Waals surface area contributed by atoms with Crippen LogP contribution in [0.25, 0.3) is 22.3 Å². The van der Waals surface area contributed by atoms with Gasteiger partial charge in [0.2, 0.25) is 5.95 Å². The van der Waals surface area contributed by atoms with Gasteiger partial charge in [0.1, 0.15) is 11.6 Å². The SMILES string of the molecule is CCc1cc2cc(-c3c(C)nc(NCC(C)C)nc3N[C@@H]3C[C@H](CO)[C@@H](C)C3)oc2cn1. The van der Waals surface area contributed by atoms with Crippen LogP contribution < -0.4 is 10.6 Å². The summed E-state index contributed by atoms with van der Waals surface area (Å²) in [5, 5.41) is 17.8. The fourth-order valence-corrected chi connectivity index (χ4v) is 4.56. The number of aromatic nitrogens is 3. The second-order valence-electron chi connectivity index (χ2n) is 9.54. The third kappa shape index (κ3) is 4.72. The fourth-order valence-electron chi connectivity index (χ4n) is 4.56. The van der Waals surface area contributed by atoms with Crippen LogP contribution >= 0.6 is 0 Å². The maximum atomic E-state index is 9.70. The molecule has 3 aromatic heterocycles. The Labute approximate surface area is 190 Å². The van der Waals surface area contributed by atoms with E-state index in [1.165, 1.54) is 0 Å². The van der Waals surface area contributed by atoms with Crippen molar-refractivity contribution in [2.24, 2.45) is 17.8 Å². The highest BCUT2D eigenvalue weighted by molar-refractivity contribution is 5.86. The minimum Gasteiger partial charge on any atom is -0.454 e. The molecule has 3 heterocycles. The molecule has 3 aromatic rings. The monoisotopic (exact) mass is 437 g/mol. The molecule has 1 aliphatic carbocycles. The van der Waals surface area contributed by atoms with Crippen LogP contribution in [0.4, 0.5) is 11.8 Å². The van der Waals surface area contributed by atoms with E-state index in [0.717, 1.165) is 65.3 Å². The van der Waals surface area contributed by atoms with E-state index >= 15 is 0 Å². The van der Waals surface area contributed by atoms with E-state index in [2.05, 4.69) is 55.4 Å². The first kappa shape index (κ1) is 22.5. The van der Waals surface area contributed by atoms with E-state index in [4.69, 9.17) is 14.4 Å². The summed E-state index contributed by atoms with van der Waals surface area (Å²) in [5.74, 6) is 3.44. The van der Waals surface area contributed by atoms with E-state index in [9.17, 15) is 5.11 Å². The van der Waals surface area contributed by atoms with Crippen molar-refractivity contribution in [1.82, 2.24) is 15.0 Å². The van der Waals surface area contributed by atoms with Crippen molar-refractivity contribution in [3.63, 3.8) is 0 Å². The van der Waals surface area contributed by atoms with Crippen molar-refractivity contribution in [3.05, 3.63) is 29.7 Å². The molecule has 0 saturated heterocycles. The highest BCUT2D eigenvalue weighted by Crippen LogP contribution is 2.38. The molecule has 0 bridgehead atoms. The van der Waals surface area contributed by atoms with Crippen molar-refractivity contribution in [2.75, 3.05) is 23.8 Å². The van der Waals surface area contributed by atoms with Gasteiger partial charge in [0.05, 0.1) is 17.5 Å². The summed E-state index contributed by atoms with van der Waals surface area (Å²) >= 11 is 0. The maximum Gasteiger partial charge on any atom is 0.224 e. The topological polar surface area (TPSA) is 96.1 Å². The molecule has 0 radical (unpaired) electrons. The Hall–Kier alpha value is -2.67. The number of nitrogens with one attached hydrogen (secondary N) is 2. The number of hydrogen-bond donors (Lipinski definition) is 3. The Balaban J connectivity index is 1.73. The van der Waals surface area contributed by atoms with Gasteiger partial charge in [-0.05, 0) is 56.1 Å². The number of rotatable bonds is 8. The highest BCUT2D eigenvalue weighted by atomic mass is 16.3. The van der Waals surface area contributed by atoms with Gasteiger partial charge in [0.15, 0.2) is 5.58 Å². The van der Waals surface area contributed by atoms with Gasteiger partial charge < -0.3 is 20.2 Å². The van der Waals surface area contributed by atoms with Gasteiger partial charge in [-0.1, -0.05) is 27.7 Å². The molecule has 1 aliphatic rings. The lowest BCUT2D eigenvalue weighted by atomic mass is 10.00. The van der Waals surface area contributed by atoms with Crippen molar-refractivity contribution in [3.8, 4) is 11.3 Å². The van der Waals surface area contributed by atoms with E-state index in [-0.39, 0.29) is 12.6 Å². The summed E-state index contributed by atoms with van der Waals surface area (Å²) in [4.78, 5) is 14.0. The summed E-state index contributed by atoms with van der Waals surface area (Å²) in [6, 6.07) is 4.39. The summed E-state index contributed by atoms with van der Waals surface area (Å²) in [6.07, 6.45) is 4.61. The Morgan fingerprint density at radius 2 is 2.03 bits per heavy atom. The van der Waals surface area contributed by atoms with Gasteiger partial charge in [-0.25, -0.2) is 4.98 Å². The first-order chi connectivity index (χ1) is 15.4. The average molecular weight is 438 g/mol. The van der Waals surface area contributed by atoms with Gasteiger partial charge >= 0.3 is 0 Å². The molecular weight excluding hydrogens is 402 g/mol. The molecule has 0 amide bonds. The predicted octanol–water partition coefficient (Wildman–Crippen LogP) is 5.04. The quantitative estimate of drug-likeness (QED) is 0.454. The molecular formula is C25H35N5O2. The van der Waals surface area contributed by atoms with Gasteiger partial charge in [-0.3, -0.25) is 4.98 Å². The van der Waals surface area contributed by atoms with Gasteiger partial charge in [0, 0.05) is 30.3 Å². The van der Waals surface area contributed by atoms with Crippen LogP contribution in [0.5, 0.6) is 0 Å². The summed E-state index contributed by atoms with van der Waals surface area (Å²) < 4.78 is 6.20. The standard InChI is InChI=1S/C25H35N5O2/c1-6-19-8-17-10-21(32-22(17)12-26-19)23-16(5)28-25(27-11-14(2)3)30-24(23)29-20-7-15(4)18(9-20)13-31/h8,10,12,14-15,18,20,31H,6-7,9,11,13H2,1-5H3,(H2,27,28,29,30)/t15-,18+,20-/m0/s1. The highest BCUT2D eigenvalue weighted by Gasteiger charge is 2.32. The Bertz CT molecular complexity index is 1080. The Kier molecular flexibility index (Phi) is 6.65. The number of aliphatic hydroxyl groups is 1. The second-order valence-corrected chi connectivity index (χ2v) is 9.54. The van der Waals surface area contributed by atoms with Crippen molar-refractivity contribution in [2.45, 2.75) is 59.9 Å². The third-order valence-corrected chi connectivity index (χ3v) is 6.45. The molecule has 4 rings (SSSR count). The number of nitrogens with zero attached hydrogens (tertiary/aromatic N) is 3. The zero-order valence-corrected chi connectivity index (χ0v) is 19.8. The molecule has 32 heavy (non-hydrogen) atoms. The average Bonchev–Trinajstić information content (AvgIpc) is 3.33. The van der Waals surface area contributed by atoms with Crippen LogP contribution in [0, 0.1) is 24.7 Å². The van der Waals surface area contributed by atoms with Crippen LogP contribution in [-0.4, -0.2) is 39.3 Å². The number of fused-ring (bicyclic) bond motifs is 1. The normalized spacial score (nSPS) is 20.9. The van der Waals surface area contributed by atoms with Crippen LogP contribution in [0.1, 0.15) is 51.9 Å². The number of pyridine rings is 1. The van der Waals surface area contributed by atoms with E-state index in [0.29, 0.717) is 23.7 Å². The molecule has 172 valence electrons. The van der Waals surface area contributed by atoms with Crippen molar-refractivity contribution < 1.29 is 9.52 Å². The molecule has 3 N–H and O–H groups in total. The minimum atomic E-state index is 0.229. The molecule has 1 fully saturated rings. The van der Waals surface area contributed by atoms with Crippen LogP contribution in [0.3, 0.4) is 0 Å². The third-order valence-electron chi connectivity index (χ3n) is 6.45. The fraction of sp³-hybridized carbons (Fsp3) is 0.560. The minimum absolute atomic E-state index is 0.229. The van der Waals surface area contributed by atoms with Crippen LogP contribution in [0.2, 0.25) is 0 Å². The molecule has 7 heteroatoms. The van der Waals surface area contributed by atoms with Crippen molar-refractivity contribution in [1.29, 1.82) is 0 Å². The molecule has 0 aliphatic heterocycles. The Morgan fingerprint density at radius 3 is 2.72 bits per heavy atom. The van der Waals surface area contributed by atoms with E-state index in [1.807, 2.05) is 6.92 Å². The summed E-state index contributed by atoms with van der Waals surface area (Å²) in [7, 11) is 0. The predicted molar refractivity (Wildman–Crippen MR) is 129 cm³/mol. The lowest BCUT2D eigenvalue weighted by Crippen LogP contribution is -2.20. The lowest BCUT2D eigenvalue weighted by Gasteiger charge is -2.18. The molecule has 0 spiro atoms. The number of anilines is 2. The number of aliphatic hydroxyl groups excluding tert-OH is 1. The molecule has 0 unspecified atom stereocenters. The summed E-state index contributed by atoms with van der Waals surface area (Å²) in [5.41, 5.74) is 3.55. The van der Waals surface area contributed by atoms with E-state index < -0.39 is 0 Å². The first-order valence-corrected chi connectivity index (χ1v) is 11.8. The van der Waals surface area contributed by atoms with Gasteiger partial charge in [0.25, 0.3) is 0 Å². The lowest BCUT2D eigenvalue weighted by molar-refractivity contribution is 0.201. The molecule has 3 atom stereocenters. The maximum absolute atomic E-state index is 9.70. The molecule has 7 nitrogen and oxygen atoms in total. The van der Waals surface area contributed by atoms with Gasteiger partial charge in [-0.15, -0.1) is 0 Å². The van der Waals surface area contributed by atoms with Crippen LogP contribution in [-0.2, 0) is 6.42 Å². The number of hydrogen-bond acceptors (Lipinski definition) is 7. The number of aryl methyl sites for hydroxylation is 2. The smallest absolute Gasteiger partial charge is 0.224 e. The largest absolute Gasteiger partial charge is 0.454 e. The van der Waals surface area contributed by atoms with E-state index in [1.54, 1.807) is 6.20 Å². The Morgan fingerprint density at radius 1 is 1.22 bits per heavy atom. The number of furan rings is 1.